The van der Waals surface area contributed by atoms with E-state index in [1.807, 2.05) is 0 Å². The van der Waals surface area contributed by atoms with E-state index in [2.05, 4.69) is 34.1 Å². The Bertz CT molecular complexity index is 541. The molecule has 3 nitrogen and oxygen atoms in total. The monoisotopic (exact) mass is 342 g/mol. The number of aryl methyl sites for hydroxylation is 1. The van der Waals surface area contributed by atoms with E-state index in [1.54, 1.807) is 0 Å². The van der Waals surface area contributed by atoms with Gasteiger partial charge in [-0.25, -0.2) is 0 Å². The number of para-hydroxylation sites is 1. The quantitative estimate of drug-likeness (QED) is 0.911. The molecule has 2 aliphatic rings. The molecule has 1 atom stereocenters. The predicted octanol–water partition coefficient (Wildman–Crippen LogP) is 3.07. The zero-order valence-corrected chi connectivity index (χ0v) is 13.8. The van der Waals surface area contributed by atoms with Crippen molar-refractivity contribution in [3.05, 3.63) is 29.8 Å². The molecule has 0 aromatic heterocycles. The number of rotatable bonds is 4. The van der Waals surface area contributed by atoms with Gasteiger partial charge < -0.3 is 14.9 Å². The molecule has 3 rings (SSSR count). The Morgan fingerprint density at radius 2 is 1.79 bits per heavy atom. The molecule has 1 unspecified atom stereocenters. The zero-order chi connectivity index (χ0) is 17.2. The molecule has 1 N–H and O–H groups in total. The van der Waals surface area contributed by atoms with Crippen molar-refractivity contribution < 1.29 is 18.3 Å². The minimum atomic E-state index is -4.50. The molecule has 2 heterocycles. The molecule has 0 amide bonds. The standard InChI is InChI=1S/C18H25F3N2O/c19-18(20,21)17(24)15-7-10-22(11-8-15)12-13-23-9-3-5-14-4-1-2-6-16(14)23/h1-2,4,6,15,17,24H,3,5,7-13H2. The molecule has 0 saturated carbocycles. The van der Waals surface area contributed by atoms with Gasteiger partial charge in [-0.1, -0.05) is 18.2 Å². The van der Waals surface area contributed by atoms with Crippen LogP contribution < -0.4 is 4.90 Å². The Hall–Kier alpha value is -1.27. The van der Waals surface area contributed by atoms with Gasteiger partial charge in [-0.15, -0.1) is 0 Å². The van der Waals surface area contributed by atoms with Crippen LogP contribution in [0, 0.1) is 5.92 Å². The first-order chi connectivity index (χ1) is 11.4. The second-order valence-corrected chi connectivity index (χ2v) is 6.88. The number of benzene rings is 1. The van der Waals surface area contributed by atoms with Gasteiger partial charge in [-0.3, -0.25) is 0 Å². The van der Waals surface area contributed by atoms with Crippen LogP contribution in [0.2, 0.25) is 0 Å². The lowest BCUT2D eigenvalue weighted by atomic mass is 9.91. The highest BCUT2D eigenvalue weighted by Gasteiger charge is 2.44. The fourth-order valence-electron chi connectivity index (χ4n) is 3.87. The van der Waals surface area contributed by atoms with Crippen LogP contribution >= 0.6 is 0 Å². The maximum Gasteiger partial charge on any atom is 0.414 e. The Labute approximate surface area is 141 Å². The van der Waals surface area contributed by atoms with E-state index in [4.69, 9.17) is 0 Å². The predicted molar refractivity (Wildman–Crippen MR) is 88.2 cm³/mol. The van der Waals surface area contributed by atoms with Gasteiger partial charge in [0.2, 0.25) is 0 Å². The summed E-state index contributed by atoms with van der Waals surface area (Å²) in [7, 11) is 0. The number of hydrogen-bond acceptors (Lipinski definition) is 3. The van der Waals surface area contributed by atoms with Crippen molar-refractivity contribution in [1.82, 2.24) is 4.90 Å². The van der Waals surface area contributed by atoms with Crippen LogP contribution in [0.4, 0.5) is 18.9 Å². The molecule has 0 spiro atoms. The Balaban J connectivity index is 1.48. The average molecular weight is 342 g/mol. The molecule has 1 saturated heterocycles. The molecule has 24 heavy (non-hydrogen) atoms. The Morgan fingerprint density at radius 3 is 2.50 bits per heavy atom. The third-order valence-electron chi connectivity index (χ3n) is 5.31. The number of aliphatic hydroxyl groups excluding tert-OH is 1. The van der Waals surface area contributed by atoms with Crippen LogP contribution in [-0.2, 0) is 6.42 Å². The summed E-state index contributed by atoms with van der Waals surface area (Å²) >= 11 is 0. The normalized spacial score (nSPS) is 21.6. The average Bonchev–Trinajstić information content (AvgIpc) is 2.59. The minimum Gasteiger partial charge on any atom is -0.383 e. The highest BCUT2D eigenvalue weighted by atomic mass is 19.4. The number of likely N-dealkylation sites (tertiary alicyclic amines) is 1. The first kappa shape index (κ1) is 17.5. The number of aliphatic hydroxyl groups is 1. The van der Waals surface area contributed by atoms with Crippen LogP contribution in [-0.4, -0.2) is 55.0 Å². The van der Waals surface area contributed by atoms with Gasteiger partial charge in [0.15, 0.2) is 6.10 Å². The number of fused-ring (bicyclic) bond motifs is 1. The van der Waals surface area contributed by atoms with Gasteiger partial charge >= 0.3 is 6.18 Å². The van der Waals surface area contributed by atoms with Gasteiger partial charge in [-0.2, -0.15) is 13.2 Å². The molecule has 0 bridgehead atoms. The zero-order valence-electron chi connectivity index (χ0n) is 13.8. The smallest absolute Gasteiger partial charge is 0.383 e. The van der Waals surface area contributed by atoms with Crippen LogP contribution in [0.3, 0.4) is 0 Å². The highest BCUT2D eigenvalue weighted by molar-refractivity contribution is 5.55. The van der Waals surface area contributed by atoms with Crippen LogP contribution in [0.15, 0.2) is 24.3 Å². The van der Waals surface area contributed by atoms with Crippen molar-refractivity contribution in [3.8, 4) is 0 Å². The van der Waals surface area contributed by atoms with E-state index in [-0.39, 0.29) is 0 Å². The summed E-state index contributed by atoms with van der Waals surface area (Å²) < 4.78 is 37.8. The van der Waals surface area contributed by atoms with Gasteiger partial charge in [0.05, 0.1) is 0 Å². The van der Waals surface area contributed by atoms with E-state index >= 15 is 0 Å². The van der Waals surface area contributed by atoms with E-state index in [1.165, 1.54) is 11.3 Å². The summed E-state index contributed by atoms with van der Waals surface area (Å²) in [4.78, 5) is 4.60. The van der Waals surface area contributed by atoms with Crippen molar-refractivity contribution >= 4 is 5.69 Å². The number of anilines is 1. The van der Waals surface area contributed by atoms with E-state index in [0.717, 1.165) is 32.5 Å². The first-order valence-corrected chi connectivity index (χ1v) is 8.75. The molecule has 1 aromatic carbocycles. The van der Waals surface area contributed by atoms with Crippen LogP contribution in [0.1, 0.15) is 24.8 Å². The summed E-state index contributed by atoms with van der Waals surface area (Å²) in [6.07, 6.45) is -3.57. The third-order valence-corrected chi connectivity index (χ3v) is 5.31. The summed E-state index contributed by atoms with van der Waals surface area (Å²) in [6, 6.07) is 8.45. The minimum absolute atomic E-state index is 0.414. The fourth-order valence-corrected chi connectivity index (χ4v) is 3.87. The molecule has 0 aliphatic carbocycles. The topological polar surface area (TPSA) is 26.7 Å². The number of alkyl halides is 3. The maximum absolute atomic E-state index is 12.6. The molecule has 6 heteroatoms. The van der Waals surface area contributed by atoms with Crippen molar-refractivity contribution in [3.63, 3.8) is 0 Å². The first-order valence-electron chi connectivity index (χ1n) is 8.75. The van der Waals surface area contributed by atoms with Crippen molar-refractivity contribution in [2.75, 3.05) is 37.6 Å². The summed E-state index contributed by atoms with van der Waals surface area (Å²) in [5.41, 5.74) is 2.68. The lowest BCUT2D eigenvalue weighted by Crippen LogP contribution is -2.45. The van der Waals surface area contributed by atoms with Crippen molar-refractivity contribution in [1.29, 1.82) is 0 Å². The van der Waals surface area contributed by atoms with E-state index < -0.39 is 18.2 Å². The molecule has 0 radical (unpaired) electrons. The van der Waals surface area contributed by atoms with Gasteiger partial charge in [0.1, 0.15) is 0 Å². The largest absolute Gasteiger partial charge is 0.414 e. The maximum atomic E-state index is 12.6. The van der Waals surface area contributed by atoms with Crippen LogP contribution in [0.25, 0.3) is 0 Å². The lowest BCUT2D eigenvalue weighted by molar-refractivity contribution is -0.223. The third kappa shape index (κ3) is 4.03. The Morgan fingerprint density at radius 1 is 1.08 bits per heavy atom. The van der Waals surface area contributed by atoms with Crippen molar-refractivity contribution in [2.45, 2.75) is 38.0 Å². The Kier molecular flexibility index (Phi) is 5.35. The molecule has 1 aromatic rings. The molecule has 2 aliphatic heterocycles. The summed E-state index contributed by atoms with van der Waals surface area (Å²) in [5.74, 6) is -0.656. The van der Waals surface area contributed by atoms with Gasteiger partial charge in [-0.05, 0) is 56.3 Å². The summed E-state index contributed by atoms with van der Waals surface area (Å²) in [5, 5.41) is 9.39. The highest BCUT2D eigenvalue weighted by Crippen LogP contribution is 2.32. The van der Waals surface area contributed by atoms with Gasteiger partial charge in [0, 0.05) is 25.3 Å². The second-order valence-electron chi connectivity index (χ2n) is 6.88. The second kappa shape index (κ2) is 7.31. The van der Waals surface area contributed by atoms with Gasteiger partial charge in [0.25, 0.3) is 0 Å². The summed E-state index contributed by atoms with van der Waals surface area (Å²) in [6.45, 7) is 4.08. The molecular weight excluding hydrogens is 317 g/mol. The lowest BCUT2D eigenvalue weighted by Gasteiger charge is -2.37. The number of nitrogens with zero attached hydrogens (tertiary/aromatic N) is 2. The fraction of sp³-hybridized carbons (Fsp3) is 0.667. The van der Waals surface area contributed by atoms with Crippen molar-refractivity contribution in [2.24, 2.45) is 5.92 Å². The molecule has 134 valence electrons. The van der Waals surface area contributed by atoms with Crippen LogP contribution in [0.5, 0.6) is 0 Å². The number of hydrogen-bond donors (Lipinski definition) is 1. The number of halogens is 3. The number of piperidine rings is 1. The molecule has 1 fully saturated rings. The molecular formula is C18H25F3N2O. The van der Waals surface area contributed by atoms with E-state index in [9.17, 15) is 18.3 Å². The van der Waals surface area contributed by atoms with E-state index in [0.29, 0.717) is 25.9 Å². The SMILES string of the molecule is OC(C1CCN(CCN2CCCc3ccccc32)CC1)C(F)(F)F.